The van der Waals surface area contributed by atoms with Crippen molar-refractivity contribution in [2.24, 2.45) is 0 Å². The minimum atomic E-state index is -0.346. The minimum absolute atomic E-state index is 0.000945. The molecule has 1 heterocycles. The summed E-state index contributed by atoms with van der Waals surface area (Å²) >= 11 is 11.8. The number of carbonyl (C=O) groups is 1. The molecule has 0 spiro atoms. The van der Waals surface area contributed by atoms with Crippen LogP contribution in [0.25, 0.3) is 0 Å². The van der Waals surface area contributed by atoms with Crippen molar-refractivity contribution in [3.8, 4) is 5.75 Å². The van der Waals surface area contributed by atoms with E-state index in [1.807, 2.05) is 24.3 Å². The molecule has 2 aromatic carbocycles. The molecule has 2 N–H and O–H groups in total. The second-order valence-corrected chi connectivity index (χ2v) is 6.93. The molecule has 7 heteroatoms. The maximum Gasteiger partial charge on any atom is 0.321 e. The van der Waals surface area contributed by atoms with Gasteiger partial charge in [-0.3, -0.25) is 0 Å². The van der Waals surface area contributed by atoms with Gasteiger partial charge in [-0.1, -0.05) is 23.2 Å². The Kier molecular flexibility index (Phi) is 6.47. The summed E-state index contributed by atoms with van der Waals surface area (Å²) in [6.45, 7) is 2.19. The zero-order chi connectivity index (χ0) is 18.4. The lowest BCUT2D eigenvalue weighted by atomic mass is 10.1. The van der Waals surface area contributed by atoms with Crippen LogP contribution in [0.2, 0.25) is 10.0 Å². The maximum atomic E-state index is 12.0. The number of hydrogen-bond acceptors (Lipinski definition) is 3. The predicted octanol–water partition coefficient (Wildman–Crippen LogP) is 5.14. The van der Waals surface area contributed by atoms with Crippen LogP contribution in [-0.2, 0) is 0 Å². The third-order valence-electron chi connectivity index (χ3n) is 4.20. The Morgan fingerprint density at radius 2 is 1.77 bits per heavy atom. The fourth-order valence-electron chi connectivity index (χ4n) is 2.85. The number of piperidine rings is 1. The molecule has 0 unspecified atom stereocenters. The molecule has 2 amide bonds. The monoisotopic (exact) mass is 393 g/mol. The highest BCUT2D eigenvalue weighted by Gasteiger charge is 2.11. The van der Waals surface area contributed by atoms with Crippen molar-refractivity contribution in [3.63, 3.8) is 0 Å². The van der Waals surface area contributed by atoms with Crippen LogP contribution < -0.4 is 20.3 Å². The van der Waals surface area contributed by atoms with E-state index in [-0.39, 0.29) is 12.8 Å². The highest BCUT2D eigenvalue weighted by Crippen LogP contribution is 2.27. The summed E-state index contributed by atoms with van der Waals surface area (Å²) in [6, 6.07) is 12.4. The Morgan fingerprint density at radius 1 is 1.04 bits per heavy atom. The van der Waals surface area contributed by atoms with Crippen LogP contribution in [0.1, 0.15) is 19.3 Å². The number of hydrogen-bond donors (Lipinski definition) is 2. The van der Waals surface area contributed by atoms with E-state index in [4.69, 9.17) is 27.9 Å². The van der Waals surface area contributed by atoms with E-state index in [2.05, 4.69) is 15.5 Å². The first kappa shape index (κ1) is 18.7. The van der Waals surface area contributed by atoms with Gasteiger partial charge in [-0.2, -0.15) is 0 Å². The molecule has 1 saturated heterocycles. The quantitative estimate of drug-likeness (QED) is 0.691. The van der Waals surface area contributed by atoms with Crippen molar-refractivity contribution < 1.29 is 9.53 Å². The molecule has 0 atom stereocenters. The first-order valence-corrected chi connectivity index (χ1v) is 9.35. The van der Waals surface area contributed by atoms with Gasteiger partial charge in [-0.25, -0.2) is 4.79 Å². The molecule has 138 valence electrons. The number of amides is 2. The van der Waals surface area contributed by atoms with E-state index in [9.17, 15) is 4.79 Å². The molecule has 0 saturated carbocycles. The van der Waals surface area contributed by atoms with Crippen molar-refractivity contribution >= 4 is 40.6 Å². The first-order chi connectivity index (χ1) is 12.6. The SMILES string of the molecule is O=C(NCOc1ccc(Cl)cc1Cl)Nc1ccc(N2CCCCC2)cc1. The van der Waals surface area contributed by atoms with Gasteiger partial charge >= 0.3 is 6.03 Å². The van der Waals surface area contributed by atoms with Crippen molar-refractivity contribution in [2.75, 3.05) is 30.0 Å². The first-order valence-electron chi connectivity index (χ1n) is 8.59. The van der Waals surface area contributed by atoms with E-state index < -0.39 is 0 Å². The number of carbonyl (C=O) groups excluding carboxylic acids is 1. The summed E-state index contributed by atoms with van der Waals surface area (Å²) in [4.78, 5) is 14.3. The van der Waals surface area contributed by atoms with Crippen LogP contribution in [0.4, 0.5) is 16.2 Å². The second-order valence-electron chi connectivity index (χ2n) is 6.09. The summed E-state index contributed by atoms with van der Waals surface area (Å²) < 4.78 is 5.43. The number of nitrogens with zero attached hydrogens (tertiary/aromatic N) is 1. The van der Waals surface area contributed by atoms with E-state index in [1.54, 1.807) is 18.2 Å². The summed E-state index contributed by atoms with van der Waals surface area (Å²) in [5.41, 5.74) is 1.92. The van der Waals surface area contributed by atoms with E-state index in [0.717, 1.165) is 18.8 Å². The van der Waals surface area contributed by atoms with Gasteiger partial charge in [0.2, 0.25) is 0 Å². The smallest absolute Gasteiger partial charge is 0.321 e. The molecule has 1 aliphatic heterocycles. The molecule has 3 rings (SSSR count). The van der Waals surface area contributed by atoms with Crippen molar-refractivity contribution in [3.05, 3.63) is 52.5 Å². The van der Waals surface area contributed by atoms with Crippen LogP contribution >= 0.6 is 23.2 Å². The van der Waals surface area contributed by atoms with E-state index in [1.165, 1.54) is 24.9 Å². The van der Waals surface area contributed by atoms with Gasteiger partial charge in [-0.15, -0.1) is 0 Å². The highest BCUT2D eigenvalue weighted by atomic mass is 35.5. The number of nitrogens with one attached hydrogen (secondary N) is 2. The average molecular weight is 394 g/mol. The van der Waals surface area contributed by atoms with Gasteiger partial charge < -0.3 is 20.3 Å². The summed E-state index contributed by atoms with van der Waals surface area (Å²) in [5, 5.41) is 6.33. The molecule has 0 radical (unpaired) electrons. The van der Waals surface area contributed by atoms with Gasteiger partial charge in [0, 0.05) is 29.5 Å². The molecular formula is C19H21Cl2N3O2. The van der Waals surface area contributed by atoms with Crippen LogP contribution in [0.15, 0.2) is 42.5 Å². The van der Waals surface area contributed by atoms with Gasteiger partial charge in [0.1, 0.15) is 5.75 Å². The Hall–Kier alpha value is -2.11. The molecule has 2 aromatic rings. The Bertz CT molecular complexity index is 747. The summed E-state index contributed by atoms with van der Waals surface area (Å²) in [7, 11) is 0. The lowest BCUT2D eigenvalue weighted by Crippen LogP contribution is -2.32. The zero-order valence-corrected chi connectivity index (χ0v) is 15.8. The van der Waals surface area contributed by atoms with Crippen LogP contribution in [0, 0.1) is 0 Å². The number of halogens is 2. The van der Waals surface area contributed by atoms with E-state index in [0.29, 0.717) is 15.8 Å². The Balaban J connectivity index is 1.45. The summed E-state index contributed by atoms with van der Waals surface area (Å²) in [6.07, 6.45) is 3.78. The third-order valence-corrected chi connectivity index (χ3v) is 4.73. The van der Waals surface area contributed by atoms with E-state index >= 15 is 0 Å². The highest BCUT2D eigenvalue weighted by molar-refractivity contribution is 6.35. The van der Waals surface area contributed by atoms with Crippen LogP contribution in [0.3, 0.4) is 0 Å². The zero-order valence-electron chi connectivity index (χ0n) is 14.3. The summed E-state index contributed by atoms with van der Waals surface area (Å²) in [5.74, 6) is 0.460. The number of urea groups is 1. The lowest BCUT2D eigenvalue weighted by Gasteiger charge is -2.28. The van der Waals surface area contributed by atoms with Crippen LogP contribution in [-0.4, -0.2) is 25.9 Å². The predicted molar refractivity (Wildman–Crippen MR) is 107 cm³/mol. The molecule has 1 fully saturated rings. The molecule has 0 bridgehead atoms. The van der Waals surface area contributed by atoms with Crippen molar-refractivity contribution in [1.29, 1.82) is 0 Å². The number of benzene rings is 2. The fourth-order valence-corrected chi connectivity index (χ4v) is 3.32. The van der Waals surface area contributed by atoms with Gasteiger partial charge in [-0.05, 0) is 61.7 Å². The van der Waals surface area contributed by atoms with Crippen molar-refractivity contribution in [2.45, 2.75) is 19.3 Å². The van der Waals surface area contributed by atoms with Gasteiger partial charge in [0.05, 0.1) is 5.02 Å². The Morgan fingerprint density at radius 3 is 2.46 bits per heavy atom. The van der Waals surface area contributed by atoms with Crippen molar-refractivity contribution in [1.82, 2.24) is 5.32 Å². The third kappa shape index (κ3) is 5.19. The molecule has 1 aliphatic rings. The number of rotatable bonds is 5. The Labute approximate surface area is 163 Å². The largest absolute Gasteiger partial charge is 0.472 e. The fraction of sp³-hybridized carbons (Fsp3) is 0.316. The van der Waals surface area contributed by atoms with Gasteiger partial charge in [0.15, 0.2) is 6.73 Å². The maximum absolute atomic E-state index is 12.0. The number of ether oxygens (including phenoxy) is 1. The second kappa shape index (κ2) is 9.01. The van der Waals surface area contributed by atoms with Crippen LogP contribution in [0.5, 0.6) is 5.75 Å². The normalized spacial score (nSPS) is 14.0. The molecule has 0 aliphatic carbocycles. The molecule has 0 aromatic heterocycles. The molecular weight excluding hydrogens is 373 g/mol. The lowest BCUT2D eigenvalue weighted by molar-refractivity contribution is 0.234. The topological polar surface area (TPSA) is 53.6 Å². The molecule has 26 heavy (non-hydrogen) atoms. The van der Waals surface area contributed by atoms with Gasteiger partial charge in [0.25, 0.3) is 0 Å². The number of anilines is 2. The minimum Gasteiger partial charge on any atom is -0.472 e. The standard InChI is InChI=1S/C19H21Cl2N3O2/c20-14-4-9-18(17(21)12-14)26-13-22-19(25)23-15-5-7-16(8-6-15)24-10-2-1-3-11-24/h4-9,12H,1-3,10-11,13H2,(H2,22,23,25). The average Bonchev–Trinajstić information content (AvgIpc) is 2.65. The molecule has 5 nitrogen and oxygen atoms in total.